The number of carbonyl (C=O) groups is 1. The predicted octanol–water partition coefficient (Wildman–Crippen LogP) is 7.12. The predicted molar refractivity (Wildman–Crippen MR) is 152 cm³/mol. The van der Waals surface area contributed by atoms with E-state index in [2.05, 4.69) is 9.97 Å². The van der Waals surface area contributed by atoms with Gasteiger partial charge in [0.15, 0.2) is 15.4 Å². The van der Waals surface area contributed by atoms with Crippen LogP contribution < -0.4 is 4.74 Å². The first-order chi connectivity index (χ1) is 18.6. The molecule has 1 aliphatic heterocycles. The summed E-state index contributed by atoms with van der Waals surface area (Å²) in [7, 11) is 1.63. The third-order valence-corrected chi connectivity index (χ3v) is 7.62. The largest absolute Gasteiger partial charge is 0.497 e. The lowest BCUT2D eigenvalue weighted by atomic mass is 10.2. The molecule has 38 heavy (non-hydrogen) atoms. The van der Waals surface area contributed by atoms with Crippen molar-refractivity contribution in [2.45, 2.75) is 16.8 Å². The van der Waals surface area contributed by atoms with Crippen molar-refractivity contribution in [3.05, 3.63) is 107 Å². The Hall–Kier alpha value is -4.21. The number of imidazole rings is 1. The molecule has 2 aromatic heterocycles. The van der Waals surface area contributed by atoms with E-state index in [9.17, 15) is 4.79 Å². The third-order valence-electron chi connectivity index (χ3n) is 5.81. The number of hydrogen-bond acceptors (Lipinski definition) is 7. The standard InChI is InChI=1S/C29H22N4O3S2/c1-35-21-13-11-19(12-14-21)18-33-27(34)25(37-29(33)30-20-7-3-2-4-8-20)17-22-15-16-26(36-22)38-28-31-23-9-5-6-10-24(23)32-28/h2-17H,18H2,1H3,(H,31,32)/b25-17-,30-29?. The van der Waals surface area contributed by atoms with Crippen LogP contribution in [0, 0.1) is 0 Å². The number of ether oxygens (including phenoxy) is 1. The molecule has 7 nitrogen and oxygen atoms in total. The SMILES string of the molecule is COc1ccc(CN2C(=O)/C(=C/c3ccc(Sc4nc5ccccc5[nH]4)o3)SC2=Nc2ccccc2)cc1. The van der Waals surface area contributed by atoms with Gasteiger partial charge in [-0.2, -0.15) is 0 Å². The Bertz CT molecular complexity index is 1620. The number of amides is 1. The lowest BCUT2D eigenvalue weighted by Crippen LogP contribution is -2.28. The summed E-state index contributed by atoms with van der Waals surface area (Å²) in [6, 6.07) is 28.9. The van der Waals surface area contributed by atoms with E-state index in [4.69, 9.17) is 14.1 Å². The number of methoxy groups -OCH3 is 1. The van der Waals surface area contributed by atoms with Gasteiger partial charge in [0.25, 0.3) is 5.91 Å². The molecule has 0 saturated carbocycles. The lowest BCUT2D eigenvalue weighted by molar-refractivity contribution is -0.122. The zero-order valence-electron chi connectivity index (χ0n) is 20.3. The molecule has 0 atom stereocenters. The van der Waals surface area contributed by atoms with Gasteiger partial charge < -0.3 is 14.1 Å². The first-order valence-electron chi connectivity index (χ1n) is 11.9. The Kier molecular flexibility index (Phi) is 6.76. The van der Waals surface area contributed by atoms with E-state index >= 15 is 0 Å². The zero-order valence-corrected chi connectivity index (χ0v) is 22.0. The fourth-order valence-electron chi connectivity index (χ4n) is 3.93. The van der Waals surface area contributed by atoms with E-state index < -0.39 is 0 Å². The molecule has 0 aliphatic carbocycles. The fraction of sp³-hybridized carbons (Fsp3) is 0.0690. The molecular weight excluding hydrogens is 516 g/mol. The maximum absolute atomic E-state index is 13.5. The highest BCUT2D eigenvalue weighted by Gasteiger charge is 2.34. The van der Waals surface area contributed by atoms with Gasteiger partial charge in [-0.25, -0.2) is 9.98 Å². The van der Waals surface area contributed by atoms with Crippen LogP contribution in [0.2, 0.25) is 0 Å². The molecule has 1 saturated heterocycles. The molecule has 9 heteroatoms. The molecule has 1 fully saturated rings. The van der Waals surface area contributed by atoms with E-state index in [-0.39, 0.29) is 5.91 Å². The molecule has 6 rings (SSSR count). The van der Waals surface area contributed by atoms with Gasteiger partial charge in [-0.1, -0.05) is 42.5 Å². The van der Waals surface area contributed by atoms with Gasteiger partial charge in [0.1, 0.15) is 11.5 Å². The average Bonchev–Trinajstić information content (AvgIpc) is 3.64. The highest BCUT2D eigenvalue weighted by Crippen LogP contribution is 2.36. The van der Waals surface area contributed by atoms with Gasteiger partial charge >= 0.3 is 0 Å². The summed E-state index contributed by atoms with van der Waals surface area (Å²) < 4.78 is 11.3. The van der Waals surface area contributed by atoms with Crippen molar-refractivity contribution in [2.24, 2.45) is 4.99 Å². The van der Waals surface area contributed by atoms with Gasteiger partial charge in [0.05, 0.1) is 35.3 Å². The van der Waals surface area contributed by atoms with Crippen LogP contribution in [0.1, 0.15) is 11.3 Å². The summed E-state index contributed by atoms with van der Waals surface area (Å²) in [6.07, 6.45) is 1.77. The van der Waals surface area contributed by atoms with Gasteiger partial charge in [0.2, 0.25) is 0 Å². The van der Waals surface area contributed by atoms with Crippen molar-refractivity contribution in [2.75, 3.05) is 7.11 Å². The Morgan fingerprint density at radius 1 is 1.03 bits per heavy atom. The Morgan fingerprint density at radius 3 is 2.61 bits per heavy atom. The number of aliphatic imine (C=N–C) groups is 1. The van der Waals surface area contributed by atoms with Crippen LogP contribution in [0.4, 0.5) is 5.69 Å². The number of nitrogens with zero attached hydrogens (tertiary/aromatic N) is 3. The van der Waals surface area contributed by atoms with Gasteiger partial charge in [-0.3, -0.25) is 9.69 Å². The molecular formula is C29H22N4O3S2. The number of furan rings is 1. The molecule has 5 aromatic rings. The van der Waals surface area contributed by atoms with Gasteiger partial charge in [0, 0.05) is 6.08 Å². The summed E-state index contributed by atoms with van der Waals surface area (Å²) >= 11 is 2.74. The number of nitrogens with one attached hydrogen (secondary N) is 1. The number of fused-ring (bicyclic) bond motifs is 1. The second kappa shape index (κ2) is 10.6. The number of rotatable bonds is 7. The Labute approximate surface area is 227 Å². The highest BCUT2D eigenvalue weighted by atomic mass is 32.2. The van der Waals surface area contributed by atoms with Crippen molar-refractivity contribution in [1.29, 1.82) is 0 Å². The van der Waals surface area contributed by atoms with Crippen molar-refractivity contribution >= 4 is 57.4 Å². The minimum atomic E-state index is -0.122. The summed E-state index contributed by atoms with van der Waals surface area (Å²) in [5.41, 5.74) is 3.63. The van der Waals surface area contributed by atoms with Crippen LogP contribution in [-0.4, -0.2) is 33.1 Å². The van der Waals surface area contributed by atoms with E-state index in [1.165, 1.54) is 23.5 Å². The second-order valence-electron chi connectivity index (χ2n) is 8.40. The minimum absolute atomic E-state index is 0.122. The van der Waals surface area contributed by atoms with Crippen LogP contribution in [0.5, 0.6) is 5.75 Å². The molecule has 3 aromatic carbocycles. The topological polar surface area (TPSA) is 83.7 Å². The first kappa shape index (κ1) is 24.1. The van der Waals surface area contributed by atoms with Crippen LogP contribution in [0.15, 0.2) is 116 Å². The van der Waals surface area contributed by atoms with Crippen LogP contribution in [0.3, 0.4) is 0 Å². The van der Waals surface area contributed by atoms with E-state index in [0.717, 1.165) is 33.2 Å². The highest BCUT2D eigenvalue weighted by molar-refractivity contribution is 8.18. The van der Waals surface area contributed by atoms with Crippen molar-refractivity contribution in [3.8, 4) is 5.75 Å². The molecule has 1 amide bonds. The summed E-state index contributed by atoms with van der Waals surface area (Å²) in [5.74, 6) is 1.23. The minimum Gasteiger partial charge on any atom is -0.497 e. The molecule has 1 N–H and O–H groups in total. The van der Waals surface area contributed by atoms with E-state index in [0.29, 0.717) is 27.5 Å². The molecule has 188 valence electrons. The van der Waals surface area contributed by atoms with Crippen molar-refractivity contribution in [3.63, 3.8) is 0 Å². The summed E-state index contributed by atoms with van der Waals surface area (Å²) in [5, 5.41) is 2.04. The molecule has 0 unspecified atom stereocenters. The van der Waals surface area contributed by atoms with Crippen LogP contribution >= 0.6 is 23.5 Å². The Balaban J connectivity index is 1.25. The molecule has 0 spiro atoms. The quantitative estimate of drug-likeness (QED) is 0.222. The second-order valence-corrected chi connectivity index (χ2v) is 10.4. The molecule has 3 heterocycles. The normalized spacial score (nSPS) is 15.7. The molecule has 0 radical (unpaired) electrons. The van der Waals surface area contributed by atoms with Crippen LogP contribution in [0.25, 0.3) is 17.1 Å². The molecule has 1 aliphatic rings. The van der Waals surface area contributed by atoms with Gasteiger partial charge in [-0.05, 0) is 77.6 Å². The number of carbonyl (C=O) groups excluding carboxylic acids is 1. The number of H-pyrrole nitrogens is 1. The maximum Gasteiger partial charge on any atom is 0.267 e. The monoisotopic (exact) mass is 538 g/mol. The third kappa shape index (κ3) is 5.25. The van der Waals surface area contributed by atoms with Crippen molar-refractivity contribution in [1.82, 2.24) is 14.9 Å². The fourth-order valence-corrected chi connectivity index (χ4v) is 5.67. The zero-order chi connectivity index (χ0) is 25.9. The number of thioether (sulfide) groups is 1. The molecule has 0 bridgehead atoms. The number of aromatic amines is 1. The van der Waals surface area contributed by atoms with E-state index in [1.54, 1.807) is 18.1 Å². The number of hydrogen-bond donors (Lipinski definition) is 1. The van der Waals surface area contributed by atoms with Crippen LogP contribution in [-0.2, 0) is 11.3 Å². The number of para-hydroxylation sites is 3. The lowest BCUT2D eigenvalue weighted by Gasteiger charge is -2.16. The number of amidine groups is 1. The summed E-state index contributed by atoms with van der Waals surface area (Å²) in [4.78, 5) is 28.4. The smallest absolute Gasteiger partial charge is 0.267 e. The maximum atomic E-state index is 13.5. The summed E-state index contributed by atoms with van der Waals surface area (Å²) in [6.45, 7) is 0.393. The van der Waals surface area contributed by atoms with Gasteiger partial charge in [-0.15, -0.1) is 0 Å². The van der Waals surface area contributed by atoms with E-state index in [1.807, 2.05) is 91.0 Å². The van der Waals surface area contributed by atoms with Crippen molar-refractivity contribution < 1.29 is 13.9 Å². The average molecular weight is 539 g/mol. The first-order valence-corrected chi connectivity index (χ1v) is 13.5. The Morgan fingerprint density at radius 2 is 1.82 bits per heavy atom. The number of benzene rings is 3. The number of aromatic nitrogens is 2.